The molecule has 1 aliphatic heterocycles. The van der Waals surface area contributed by atoms with Crippen LogP contribution in [0, 0.1) is 17.5 Å². The van der Waals surface area contributed by atoms with Gasteiger partial charge in [0.2, 0.25) is 0 Å². The number of nitrogens with one attached hydrogen (secondary N) is 1. The van der Waals surface area contributed by atoms with Gasteiger partial charge in [0.05, 0.1) is 0 Å². The van der Waals surface area contributed by atoms with E-state index in [0.29, 0.717) is 12.8 Å². The van der Waals surface area contributed by atoms with Crippen LogP contribution in [-0.2, 0) is 4.79 Å². The third kappa shape index (κ3) is 2.12. The number of carbonyl (C=O) groups is 1. The minimum Gasteiger partial charge on any atom is -0.480 e. The van der Waals surface area contributed by atoms with Crippen LogP contribution in [0.3, 0.4) is 0 Å². The number of rotatable bonds is 2. The first-order chi connectivity index (χ1) is 8.00. The van der Waals surface area contributed by atoms with Crippen LogP contribution in [-0.4, -0.2) is 17.1 Å². The molecule has 0 amide bonds. The zero-order valence-electron chi connectivity index (χ0n) is 8.71. The smallest absolute Gasteiger partial charge is 0.320 e. The third-order valence-electron chi connectivity index (χ3n) is 2.88. The standard InChI is InChI=1S/C11H10F3NO2/c12-6-2-1-5(9(13)10(6)14)7-3-4-8(15-7)11(16)17/h1-2,7-8,15H,3-4H2,(H,16,17). The van der Waals surface area contributed by atoms with E-state index in [2.05, 4.69) is 5.32 Å². The van der Waals surface area contributed by atoms with Gasteiger partial charge in [-0.05, 0) is 18.9 Å². The summed E-state index contributed by atoms with van der Waals surface area (Å²) in [5.41, 5.74) is -0.0346. The van der Waals surface area contributed by atoms with Crippen molar-refractivity contribution in [3.63, 3.8) is 0 Å². The average Bonchev–Trinajstić information content (AvgIpc) is 2.75. The van der Waals surface area contributed by atoms with Crippen molar-refractivity contribution in [1.29, 1.82) is 0 Å². The highest BCUT2D eigenvalue weighted by Crippen LogP contribution is 2.29. The predicted molar refractivity (Wildman–Crippen MR) is 52.9 cm³/mol. The Kier molecular flexibility index (Phi) is 3.06. The van der Waals surface area contributed by atoms with Gasteiger partial charge < -0.3 is 5.11 Å². The molecule has 0 spiro atoms. The first-order valence-corrected chi connectivity index (χ1v) is 5.13. The highest BCUT2D eigenvalue weighted by molar-refractivity contribution is 5.73. The van der Waals surface area contributed by atoms with Crippen LogP contribution in [0.2, 0.25) is 0 Å². The summed E-state index contributed by atoms with van der Waals surface area (Å²) in [5, 5.41) is 11.4. The summed E-state index contributed by atoms with van der Waals surface area (Å²) >= 11 is 0. The van der Waals surface area contributed by atoms with Gasteiger partial charge in [-0.3, -0.25) is 10.1 Å². The zero-order valence-corrected chi connectivity index (χ0v) is 8.71. The van der Waals surface area contributed by atoms with Gasteiger partial charge in [0, 0.05) is 11.6 Å². The normalized spacial score (nSPS) is 23.9. The van der Waals surface area contributed by atoms with Crippen molar-refractivity contribution in [2.45, 2.75) is 24.9 Å². The van der Waals surface area contributed by atoms with Crippen molar-refractivity contribution < 1.29 is 23.1 Å². The monoisotopic (exact) mass is 245 g/mol. The van der Waals surface area contributed by atoms with Crippen molar-refractivity contribution in [3.8, 4) is 0 Å². The maximum absolute atomic E-state index is 13.4. The van der Waals surface area contributed by atoms with E-state index in [1.54, 1.807) is 0 Å². The third-order valence-corrected chi connectivity index (χ3v) is 2.88. The Balaban J connectivity index is 2.25. The molecule has 1 fully saturated rings. The molecule has 3 nitrogen and oxygen atoms in total. The molecule has 17 heavy (non-hydrogen) atoms. The Morgan fingerprint density at radius 3 is 2.53 bits per heavy atom. The van der Waals surface area contributed by atoms with E-state index in [1.807, 2.05) is 0 Å². The summed E-state index contributed by atoms with van der Waals surface area (Å²) < 4.78 is 39.2. The number of carboxylic acids is 1. The van der Waals surface area contributed by atoms with Crippen molar-refractivity contribution in [2.75, 3.05) is 0 Å². The minimum absolute atomic E-state index is 0.0346. The number of benzene rings is 1. The van der Waals surface area contributed by atoms with E-state index in [4.69, 9.17) is 5.11 Å². The summed E-state index contributed by atoms with van der Waals surface area (Å²) in [6, 6.07) is 0.609. The quantitative estimate of drug-likeness (QED) is 0.783. The SMILES string of the molecule is O=C(O)C1CCC(c2ccc(F)c(F)c2F)N1. The number of carboxylic acid groups (broad SMARTS) is 1. The van der Waals surface area contributed by atoms with Gasteiger partial charge in [0.1, 0.15) is 6.04 Å². The number of aliphatic carboxylic acids is 1. The lowest BCUT2D eigenvalue weighted by molar-refractivity contribution is -0.139. The zero-order chi connectivity index (χ0) is 12.6. The molecule has 1 heterocycles. The van der Waals surface area contributed by atoms with Crippen LogP contribution < -0.4 is 5.32 Å². The van der Waals surface area contributed by atoms with E-state index in [-0.39, 0.29) is 5.56 Å². The summed E-state index contributed by atoms with van der Waals surface area (Å²) in [5.74, 6) is -5.06. The van der Waals surface area contributed by atoms with Crippen LogP contribution in [0.5, 0.6) is 0 Å². The van der Waals surface area contributed by atoms with Gasteiger partial charge in [-0.25, -0.2) is 13.2 Å². The van der Waals surface area contributed by atoms with E-state index >= 15 is 0 Å². The van der Waals surface area contributed by atoms with E-state index in [1.165, 1.54) is 0 Å². The Hall–Kier alpha value is -1.56. The topological polar surface area (TPSA) is 49.3 Å². The predicted octanol–water partition coefficient (Wildman–Crippen LogP) is 1.98. The van der Waals surface area contributed by atoms with Crippen LogP contribution in [0.25, 0.3) is 0 Å². The van der Waals surface area contributed by atoms with Crippen molar-refractivity contribution in [3.05, 3.63) is 35.1 Å². The van der Waals surface area contributed by atoms with Crippen molar-refractivity contribution in [2.24, 2.45) is 0 Å². The Morgan fingerprint density at radius 2 is 1.94 bits per heavy atom. The Labute approximate surface area is 95.3 Å². The Morgan fingerprint density at radius 1 is 1.24 bits per heavy atom. The summed E-state index contributed by atoms with van der Waals surface area (Å²) in [6.45, 7) is 0. The molecule has 0 bridgehead atoms. The second-order valence-corrected chi connectivity index (χ2v) is 3.95. The van der Waals surface area contributed by atoms with E-state index in [9.17, 15) is 18.0 Å². The second-order valence-electron chi connectivity index (χ2n) is 3.95. The lowest BCUT2D eigenvalue weighted by Gasteiger charge is -2.13. The molecule has 0 aliphatic carbocycles. The van der Waals surface area contributed by atoms with Gasteiger partial charge in [0.15, 0.2) is 17.5 Å². The number of halogens is 3. The summed E-state index contributed by atoms with van der Waals surface area (Å²) in [6.07, 6.45) is 0.706. The van der Waals surface area contributed by atoms with Crippen molar-refractivity contribution >= 4 is 5.97 Å². The molecule has 92 valence electrons. The molecule has 1 aliphatic rings. The van der Waals surface area contributed by atoms with Gasteiger partial charge in [0.25, 0.3) is 0 Å². The fraction of sp³-hybridized carbons (Fsp3) is 0.364. The van der Waals surface area contributed by atoms with Crippen LogP contribution >= 0.6 is 0 Å². The molecule has 6 heteroatoms. The molecule has 2 atom stereocenters. The van der Waals surface area contributed by atoms with Gasteiger partial charge >= 0.3 is 5.97 Å². The first kappa shape index (κ1) is 11.9. The molecule has 1 aromatic carbocycles. The lowest BCUT2D eigenvalue weighted by Crippen LogP contribution is -2.32. The van der Waals surface area contributed by atoms with Crippen LogP contribution in [0.15, 0.2) is 12.1 Å². The molecule has 0 saturated carbocycles. The summed E-state index contributed by atoms with van der Waals surface area (Å²) in [4.78, 5) is 10.7. The molecule has 2 rings (SSSR count). The van der Waals surface area contributed by atoms with Gasteiger partial charge in [-0.2, -0.15) is 0 Å². The van der Waals surface area contributed by atoms with Crippen molar-refractivity contribution in [1.82, 2.24) is 5.32 Å². The van der Waals surface area contributed by atoms with Gasteiger partial charge in [-0.1, -0.05) is 6.07 Å². The van der Waals surface area contributed by atoms with Gasteiger partial charge in [-0.15, -0.1) is 0 Å². The number of hydrogen-bond acceptors (Lipinski definition) is 2. The lowest BCUT2D eigenvalue weighted by atomic mass is 10.0. The molecule has 2 unspecified atom stereocenters. The average molecular weight is 245 g/mol. The first-order valence-electron chi connectivity index (χ1n) is 5.13. The molecular formula is C11H10F3NO2. The van der Waals surface area contributed by atoms with Crippen LogP contribution in [0.4, 0.5) is 13.2 Å². The van der Waals surface area contributed by atoms with E-state index < -0.39 is 35.5 Å². The highest BCUT2D eigenvalue weighted by atomic mass is 19.2. The molecular weight excluding hydrogens is 235 g/mol. The van der Waals surface area contributed by atoms with Crippen LogP contribution in [0.1, 0.15) is 24.4 Å². The number of hydrogen-bond donors (Lipinski definition) is 2. The molecule has 0 radical (unpaired) electrons. The molecule has 1 saturated heterocycles. The molecule has 2 N–H and O–H groups in total. The maximum atomic E-state index is 13.4. The minimum atomic E-state index is -1.52. The highest BCUT2D eigenvalue weighted by Gasteiger charge is 2.32. The fourth-order valence-corrected chi connectivity index (χ4v) is 1.99. The van der Waals surface area contributed by atoms with E-state index in [0.717, 1.165) is 12.1 Å². The maximum Gasteiger partial charge on any atom is 0.320 e. The largest absolute Gasteiger partial charge is 0.480 e. The Bertz CT molecular complexity index is 464. The summed E-state index contributed by atoms with van der Waals surface area (Å²) in [7, 11) is 0. The fourth-order valence-electron chi connectivity index (χ4n) is 1.99. The molecule has 1 aromatic rings. The molecule has 0 aromatic heterocycles. The second kappa shape index (κ2) is 4.37.